The molecule has 168 valence electrons. The van der Waals surface area contributed by atoms with Gasteiger partial charge in [0.15, 0.2) is 5.82 Å². The lowest BCUT2D eigenvalue weighted by molar-refractivity contribution is -0.120. The van der Waals surface area contributed by atoms with Gasteiger partial charge in [-0.25, -0.2) is 0 Å². The van der Waals surface area contributed by atoms with Crippen LogP contribution in [-0.4, -0.2) is 39.0 Å². The Labute approximate surface area is 189 Å². The summed E-state index contributed by atoms with van der Waals surface area (Å²) in [6.07, 6.45) is 3.88. The molecule has 7 nitrogen and oxygen atoms in total. The van der Waals surface area contributed by atoms with E-state index in [0.717, 1.165) is 47.8 Å². The van der Waals surface area contributed by atoms with Gasteiger partial charge in [0.2, 0.25) is 5.91 Å². The normalized spacial score (nSPS) is 14.3. The minimum Gasteiger partial charge on any atom is -0.353 e. The first-order valence-corrected chi connectivity index (χ1v) is 11.4. The van der Waals surface area contributed by atoms with Crippen molar-refractivity contribution in [2.45, 2.75) is 52.5 Å². The van der Waals surface area contributed by atoms with Gasteiger partial charge >= 0.3 is 0 Å². The topological polar surface area (TPSA) is 75.9 Å². The van der Waals surface area contributed by atoms with Crippen LogP contribution in [0.3, 0.4) is 0 Å². The molecule has 7 heteroatoms. The Kier molecular flexibility index (Phi) is 6.26. The fourth-order valence-corrected chi connectivity index (χ4v) is 3.76. The molecule has 3 aromatic rings. The molecule has 1 N–H and O–H groups in total. The first kappa shape index (κ1) is 22.0. The third kappa shape index (κ3) is 4.82. The molecule has 0 aliphatic carbocycles. The molecule has 1 fully saturated rings. The molecule has 0 radical (unpaired) electrons. The number of benzene rings is 1. The fourth-order valence-electron chi connectivity index (χ4n) is 3.76. The third-order valence-electron chi connectivity index (χ3n) is 5.85. The van der Waals surface area contributed by atoms with Gasteiger partial charge in [-0.3, -0.25) is 9.48 Å². The van der Waals surface area contributed by atoms with Crippen LogP contribution in [-0.2, 0) is 16.8 Å². The van der Waals surface area contributed by atoms with Crippen LogP contribution in [0.15, 0.2) is 48.7 Å². The molecule has 0 atom stereocenters. The van der Waals surface area contributed by atoms with Gasteiger partial charge in [0, 0.05) is 36.9 Å². The molecule has 0 saturated carbocycles. The molecule has 2 aromatic heterocycles. The predicted molar refractivity (Wildman–Crippen MR) is 128 cm³/mol. The number of carbonyl (C=O) groups is 1. The molecule has 1 amide bonds. The number of unbranched alkanes of at least 4 members (excludes halogenated alkanes) is 1. The summed E-state index contributed by atoms with van der Waals surface area (Å²) >= 11 is 0. The van der Waals surface area contributed by atoms with Crippen molar-refractivity contribution in [3.05, 3.63) is 54.4 Å². The van der Waals surface area contributed by atoms with E-state index < -0.39 is 0 Å². The van der Waals surface area contributed by atoms with Crippen LogP contribution in [0.25, 0.3) is 11.3 Å². The quantitative estimate of drug-likeness (QED) is 0.594. The van der Waals surface area contributed by atoms with Crippen molar-refractivity contribution in [1.29, 1.82) is 0 Å². The number of aryl methyl sites for hydroxylation is 1. The molecule has 4 rings (SSSR count). The van der Waals surface area contributed by atoms with Crippen LogP contribution >= 0.6 is 0 Å². The van der Waals surface area contributed by atoms with Crippen molar-refractivity contribution in [3.8, 4) is 11.3 Å². The van der Waals surface area contributed by atoms with Gasteiger partial charge in [-0.2, -0.15) is 10.2 Å². The largest absolute Gasteiger partial charge is 0.353 e. The Morgan fingerprint density at radius 2 is 1.91 bits per heavy atom. The maximum atomic E-state index is 12.6. The fraction of sp³-hybridized carbons (Fsp3) is 0.440. The van der Waals surface area contributed by atoms with E-state index in [0.29, 0.717) is 13.1 Å². The van der Waals surface area contributed by atoms with E-state index >= 15 is 0 Å². The summed E-state index contributed by atoms with van der Waals surface area (Å²) in [6, 6.07) is 14.0. The van der Waals surface area contributed by atoms with Crippen molar-refractivity contribution in [3.63, 3.8) is 0 Å². The van der Waals surface area contributed by atoms with E-state index in [1.165, 1.54) is 0 Å². The molecule has 1 aliphatic rings. The summed E-state index contributed by atoms with van der Waals surface area (Å²) in [6.45, 7) is 11.0. The number of nitrogens with zero attached hydrogens (tertiary/aromatic N) is 5. The van der Waals surface area contributed by atoms with Crippen molar-refractivity contribution in [1.82, 2.24) is 20.0 Å². The van der Waals surface area contributed by atoms with E-state index in [9.17, 15) is 4.79 Å². The van der Waals surface area contributed by atoms with Gasteiger partial charge in [0.25, 0.3) is 0 Å². The summed E-state index contributed by atoms with van der Waals surface area (Å²) < 4.78 is 2.12. The molecule has 0 bridgehead atoms. The van der Waals surface area contributed by atoms with Crippen LogP contribution in [0.5, 0.6) is 0 Å². The lowest BCUT2D eigenvalue weighted by Gasteiger charge is -2.38. The average molecular weight is 433 g/mol. The van der Waals surface area contributed by atoms with E-state index in [4.69, 9.17) is 5.10 Å². The first-order chi connectivity index (χ1) is 15.3. The van der Waals surface area contributed by atoms with Gasteiger partial charge in [0.05, 0.1) is 17.3 Å². The monoisotopic (exact) mass is 432 g/mol. The summed E-state index contributed by atoms with van der Waals surface area (Å²) in [5, 5.41) is 15.9. The van der Waals surface area contributed by atoms with E-state index in [1.807, 2.05) is 24.3 Å². The zero-order valence-corrected chi connectivity index (χ0v) is 19.4. The van der Waals surface area contributed by atoms with Gasteiger partial charge in [-0.05, 0) is 42.3 Å². The second-order valence-electron chi connectivity index (χ2n) is 9.49. The highest BCUT2D eigenvalue weighted by Gasteiger charge is 2.33. The van der Waals surface area contributed by atoms with E-state index in [-0.39, 0.29) is 17.2 Å². The lowest BCUT2D eigenvalue weighted by atomic mass is 9.92. The number of anilines is 2. The van der Waals surface area contributed by atoms with Crippen LogP contribution in [0, 0.1) is 5.92 Å². The van der Waals surface area contributed by atoms with Crippen LogP contribution < -0.4 is 10.2 Å². The average Bonchev–Trinajstić information content (AvgIpc) is 3.17. The standard InChI is InChI=1S/C25H32N6O/c1-5-6-14-31-21(15-22(29-31)25(2,3)4)18-9-11-20(12-10-18)27-24(32)19-16-30(17-19)23-8-7-13-26-28-23/h7-13,15,19H,5-6,14,16-17H2,1-4H3,(H,27,32). The number of hydrogen-bond donors (Lipinski definition) is 1. The Hall–Kier alpha value is -3.22. The Balaban J connectivity index is 1.41. The van der Waals surface area contributed by atoms with Crippen molar-refractivity contribution < 1.29 is 4.79 Å². The highest BCUT2D eigenvalue weighted by Crippen LogP contribution is 2.29. The van der Waals surface area contributed by atoms with Crippen LogP contribution in [0.1, 0.15) is 46.2 Å². The summed E-state index contributed by atoms with van der Waals surface area (Å²) in [4.78, 5) is 14.7. The third-order valence-corrected chi connectivity index (χ3v) is 5.85. The smallest absolute Gasteiger partial charge is 0.231 e. The Morgan fingerprint density at radius 1 is 1.16 bits per heavy atom. The Morgan fingerprint density at radius 3 is 2.53 bits per heavy atom. The van der Waals surface area contributed by atoms with Crippen molar-refractivity contribution in [2.75, 3.05) is 23.3 Å². The molecular weight excluding hydrogens is 400 g/mol. The highest BCUT2D eigenvalue weighted by atomic mass is 16.2. The molecule has 1 saturated heterocycles. The van der Waals surface area contributed by atoms with Crippen LogP contribution in [0.4, 0.5) is 11.5 Å². The lowest BCUT2D eigenvalue weighted by Crippen LogP contribution is -2.52. The minimum atomic E-state index is -0.0403. The second kappa shape index (κ2) is 9.10. The van der Waals surface area contributed by atoms with Gasteiger partial charge < -0.3 is 10.2 Å². The van der Waals surface area contributed by atoms with E-state index in [2.05, 4.69) is 71.0 Å². The number of nitrogens with one attached hydrogen (secondary N) is 1. The van der Waals surface area contributed by atoms with Crippen LogP contribution in [0.2, 0.25) is 0 Å². The first-order valence-electron chi connectivity index (χ1n) is 11.4. The second-order valence-corrected chi connectivity index (χ2v) is 9.49. The molecule has 32 heavy (non-hydrogen) atoms. The van der Waals surface area contributed by atoms with Gasteiger partial charge in [-0.15, -0.1) is 5.10 Å². The maximum absolute atomic E-state index is 12.6. The summed E-state index contributed by atoms with van der Waals surface area (Å²) in [7, 11) is 0. The maximum Gasteiger partial charge on any atom is 0.231 e. The molecule has 1 aliphatic heterocycles. The SMILES string of the molecule is CCCCn1nc(C(C)(C)C)cc1-c1ccc(NC(=O)C2CN(c3cccnn3)C2)cc1. The Bertz CT molecular complexity index is 1050. The minimum absolute atomic E-state index is 0.00210. The molecular formula is C25H32N6O. The van der Waals surface area contributed by atoms with E-state index in [1.54, 1.807) is 6.20 Å². The molecule has 0 spiro atoms. The zero-order chi connectivity index (χ0) is 22.7. The number of carbonyl (C=O) groups excluding carboxylic acids is 1. The van der Waals surface area contributed by atoms with Gasteiger partial charge in [-0.1, -0.05) is 46.2 Å². The zero-order valence-electron chi connectivity index (χ0n) is 19.4. The number of amides is 1. The number of aromatic nitrogens is 4. The molecule has 3 heterocycles. The van der Waals surface area contributed by atoms with Crippen molar-refractivity contribution >= 4 is 17.4 Å². The number of hydrogen-bond acceptors (Lipinski definition) is 5. The number of rotatable bonds is 7. The molecule has 1 aromatic carbocycles. The summed E-state index contributed by atoms with van der Waals surface area (Å²) in [5.41, 5.74) is 4.15. The summed E-state index contributed by atoms with van der Waals surface area (Å²) in [5.74, 6) is 0.817. The molecule has 0 unspecified atom stereocenters. The predicted octanol–water partition coefficient (Wildman–Crippen LogP) is 4.51. The highest BCUT2D eigenvalue weighted by molar-refractivity contribution is 5.94. The van der Waals surface area contributed by atoms with Crippen molar-refractivity contribution in [2.24, 2.45) is 5.92 Å². The van der Waals surface area contributed by atoms with Gasteiger partial charge in [0.1, 0.15) is 0 Å².